The van der Waals surface area contributed by atoms with Crippen LogP contribution in [0.25, 0.3) is 0 Å². The number of nitrogens with zero attached hydrogens (tertiary/aromatic N) is 2. The summed E-state index contributed by atoms with van der Waals surface area (Å²) in [5, 5.41) is 0.660. The molecule has 0 radical (unpaired) electrons. The van der Waals surface area contributed by atoms with E-state index in [9.17, 15) is 4.79 Å². The first kappa shape index (κ1) is 17.1. The Kier molecular flexibility index (Phi) is 4.63. The van der Waals surface area contributed by atoms with Crippen molar-refractivity contribution in [1.29, 1.82) is 0 Å². The second kappa shape index (κ2) is 5.13. The molecule has 0 atom stereocenters. The summed E-state index contributed by atoms with van der Waals surface area (Å²) in [6.07, 6.45) is 1.98. The van der Waals surface area contributed by atoms with E-state index < -0.39 is 5.54 Å². The molecule has 1 rings (SSSR count). The van der Waals surface area contributed by atoms with Crippen molar-refractivity contribution in [2.24, 2.45) is 0 Å². The SMILES string of the molecule is CCCC(C)(C)N1C(=O)C(C)(C)N(C(C)(C)I)C1=S. The van der Waals surface area contributed by atoms with Gasteiger partial charge in [-0.1, -0.05) is 35.9 Å². The van der Waals surface area contributed by atoms with E-state index in [0.717, 1.165) is 12.8 Å². The monoisotopic (exact) mass is 396 g/mol. The number of halogens is 1. The zero-order valence-electron chi connectivity index (χ0n) is 13.0. The van der Waals surface area contributed by atoms with Crippen LogP contribution in [-0.4, -0.2) is 35.4 Å². The fourth-order valence-electron chi connectivity index (χ4n) is 2.94. The number of rotatable bonds is 4. The molecule has 3 nitrogen and oxygen atoms in total. The highest BCUT2D eigenvalue weighted by Crippen LogP contribution is 2.41. The van der Waals surface area contributed by atoms with Gasteiger partial charge >= 0.3 is 0 Å². The molecule has 5 heteroatoms. The van der Waals surface area contributed by atoms with Crippen molar-refractivity contribution >= 4 is 45.8 Å². The maximum absolute atomic E-state index is 12.8. The highest BCUT2D eigenvalue weighted by atomic mass is 127. The Hall–Kier alpha value is 0.0900. The van der Waals surface area contributed by atoms with Gasteiger partial charge in [-0.05, 0) is 60.2 Å². The van der Waals surface area contributed by atoms with Crippen LogP contribution in [0.1, 0.15) is 61.3 Å². The predicted molar refractivity (Wildman–Crippen MR) is 92.4 cm³/mol. The first-order chi connectivity index (χ1) is 8.37. The van der Waals surface area contributed by atoms with Crippen molar-refractivity contribution in [3.05, 3.63) is 0 Å². The van der Waals surface area contributed by atoms with Gasteiger partial charge in [0.2, 0.25) is 0 Å². The molecule has 1 amide bonds. The molecule has 0 aromatic heterocycles. The van der Waals surface area contributed by atoms with Crippen LogP contribution >= 0.6 is 34.8 Å². The van der Waals surface area contributed by atoms with Gasteiger partial charge in [-0.25, -0.2) is 0 Å². The Morgan fingerprint density at radius 3 is 2.05 bits per heavy atom. The summed E-state index contributed by atoms with van der Waals surface area (Å²) in [5.41, 5.74) is -0.802. The third-order valence-electron chi connectivity index (χ3n) is 3.67. The fourth-order valence-corrected chi connectivity index (χ4v) is 4.73. The summed E-state index contributed by atoms with van der Waals surface area (Å²) in [5.74, 6) is 0.112. The average molecular weight is 396 g/mol. The lowest BCUT2D eigenvalue weighted by atomic mass is 9.95. The molecule has 1 heterocycles. The molecule has 0 N–H and O–H groups in total. The fraction of sp³-hybridized carbons (Fsp3) is 0.857. The number of carbonyl (C=O) groups excluding carboxylic acids is 1. The number of amides is 1. The third kappa shape index (κ3) is 2.91. The van der Waals surface area contributed by atoms with Gasteiger partial charge in [0.05, 0.1) is 3.55 Å². The molecule has 1 saturated heterocycles. The van der Waals surface area contributed by atoms with Crippen LogP contribution in [0.3, 0.4) is 0 Å². The zero-order valence-corrected chi connectivity index (χ0v) is 16.0. The maximum atomic E-state index is 12.8. The van der Waals surface area contributed by atoms with Gasteiger partial charge in [0.1, 0.15) is 5.54 Å². The summed E-state index contributed by atoms with van der Waals surface area (Å²) in [6, 6.07) is 0. The molecule has 19 heavy (non-hydrogen) atoms. The molecule has 0 spiro atoms. The molecule has 0 bridgehead atoms. The molecule has 1 aliphatic heterocycles. The van der Waals surface area contributed by atoms with Crippen LogP contribution in [0.4, 0.5) is 0 Å². The van der Waals surface area contributed by atoms with Crippen LogP contribution in [0.15, 0.2) is 0 Å². The minimum Gasteiger partial charge on any atom is -0.321 e. The number of alkyl halides is 1. The quantitative estimate of drug-likeness (QED) is 0.311. The van der Waals surface area contributed by atoms with Crippen molar-refractivity contribution in [3.8, 4) is 0 Å². The first-order valence-electron chi connectivity index (χ1n) is 6.75. The topological polar surface area (TPSA) is 23.6 Å². The second-order valence-corrected chi connectivity index (χ2v) is 9.79. The normalized spacial score (nSPS) is 20.4. The standard InChI is InChI=1S/C14H25IN2OS/c1-8-9-12(2,3)16-10(18)13(4,5)17(11(16)19)14(6,7)15/h8-9H2,1-7H3. The van der Waals surface area contributed by atoms with Crippen molar-refractivity contribution in [1.82, 2.24) is 9.80 Å². The number of thiocarbonyl (C=S) groups is 1. The van der Waals surface area contributed by atoms with Crippen LogP contribution in [0.2, 0.25) is 0 Å². The predicted octanol–water partition coefficient (Wildman–Crippen LogP) is 3.94. The van der Waals surface area contributed by atoms with Gasteiger partial charge in [-0.2, -0.15) is 0 Å². The molecule has 0 aliphatic carbocycles. The van der Waals surface area contributed by atoms with Crippen molar-refractivity contribution < 1.29 is 4.79 Å². The third-order valence-corrected chi connectivity index (χ3v) is 4.51. The van der Waals surface area contributed by atoms with Gasteiger partial charge in [0, 0.05) is 5.54 Å². The van der Waals surface area contributed by atoms with Crippen LogP contribution < -0.4 is 0 Å². The average Bonchev–Trinajstić information content (AvgIpc) is 2.31. The Bertz CT molecular complexity index is 399. The molecule has 0 unspecified atom stereocenters. The van der Waals surface area contributed by atoms with E-state index in [2.05, 4.69) is 62.1 Å². The number of hydrogen-bond acceptors (Lipinski definition) is 2. The first-order valence-corrected chi connectivity index (χ1v) is 8.24. The van der Waals surface area contributed by atoms with Gasteiger partial charge in [-0.3, -0.25) is 9.69 Å². The Morgan fingerprint density at radius 2 is 1.74 bits per heavy atom. The van der Waals surface area contributed by atoms with Crippen molar-refractivity contribution in [2.45, 2.75) is 75.9 Å². The highest BCUT2D eigenvalue weighted by molar-refractivity contribution is 14.1. The maximum Gasteiger partial charge on any atom is 0.254 e. The molecular weight excluding hydrogens is 371 g/mol. The largest absolute Gasteiger partial charge is 0.321 e. The minimum atomic E-state index is -0.577. The van der Waals surface area contributed by atoms with Gasteiger partial charge in [0.15, 0.2) is 5.11 Å². The molecular formula is C14H25IN2OS. The number of carbonyl (C=O) groups is 1. The molecule has 1 fully saturated rings. The van der Waals surface area contributed by atoms with E-state index in [1.807, 2.05) is 18.7 Å². The second-order valence-electron chi connectivity index (χ2n) is 6.79. The van der Waals surface area contributed by atoms with E-state index in [-0.39, 0.29) is 15.0 Å². The molecule has 0 aromatic carbocycles. The summed E-state index contributed by atoms with van der Waals surface area (Å²) >= 11 is 7.97. The Labute approximate surface area is 136 Å². The van der Waals surface area contributed by atoms with E-state index in [1.54, 1.807) is 0 Å². The highest BCUT2D eigenvalue weighted by Gasteiger charge is 2.56. The smallest absolute Gasteiger partial charge is 0.254 e. The lowest BCUT2D eigenvalue weighted by Gasteiger charge is -2.40. The van der Waals surface area contributed by atoms with E-state index >= 15 is 0 Å². The zero-order chi connectivity index (χ0) is 15.2. The lowest BCUT2D eigenvalue weighted by Crippen LogP contribution is -2.52. The molecule has 110 valence electrons. The Morgan fingerprint density at radius 1 is 1.26 bits per heavy atom. The Balaban J connectivity index is 3.27. The van der Waals surface area contributed by atoms with Gasteiger partial charge in [-0.15, -0.1) is 0 Å². The summed E-state index contributed by atoms with van der Waals surface area (Å²) in [4.78, 5) is 16.7. The van der Waals surface area contributed by atoms with E-state index in [1.165, 1.54) is 0 Å². The number of hydrogen-bond donors (Lipinski definition) is 0. The lowest BCUT2D eigenvalue weighted by molar-refractivity contribution is -0.135. The minimum absolute atomic E-state index is 0.112. The van der Waals surface area contributed by atoms with Crippen molar-refractivity contribution in [2.75, 3.05) is 0 Å². The van der Waals surface area contributed by atoms with Crippen molar-refractivity contribution in [3.63, 3.8) is 0 Å². The van der Waals surface area contributed by atoms with Crippen LogP contribution in [0.5, 0.6) is 0 Å². The van der Waals surface area contributed by atoms with Crippen LogP contribution in [0, 0.1) is 0 Å². The molecule has 0 saturated carbocycles. The summed E-state index contributed by atoms with van der Waals surface area (Å²) in [6.45, 7) is 14.4. The van der Waals surface area contributed by atoms with E-state index in [4.69, 9.17) is 12.2 Å². The van der Waals surface area contributed by atoms with E-state index in [0.29, 0.717) is 5.11 Å². The summed E-state index contributed by atoms with van der Waals surface area (Å²) in [7, 11) is 0. The van der Waals surface area contributed by atoms with Gasteiger partial charge in [0.25, 0.3) is 5.91 Å². The summed E-state index contributed by atoms with van der Waals surface area (Å²) < 4.78 is -0.189. The molecule has 1 aliphatic rings. The van der Waals surface area contributed by atoms with Gasteiger partial charge < -0.3 is 4.90 Å². The molecule has 0 aromatic rings. The van der Waals surface area contributed by atoms with Crippen LogP contribution in [-0.2, 0) is 4.79 Å².